The van der Waals surface area contributed by atoms with Gasteiger partial charge in [0.25, 0.3) is 0 Å². The SMILES string of the molecule is Brc1cc2c3c(c1)c(C1CCNCC1)cn3CCC2. The van der Waals surface area contributed by atoms with E-state index in [1.807, 2.05) is 0 Å². The molecule has 1 aromatic heterocycles. The van der Waals surface area contributed by atoms with Crippen LogP contribution in [0.25, 0.3) is 10.9 Å². The molecule has 0 bridgehead atoms. The maximum atomic E-state index is 3.69. The summed E-state index contributed by atoms with van der Waals surface area (Å²) in [5.74, 6) is 0.741. The summed E-state index contributed by atoms with van der Waals surface area (Å²) in [4.78, 5) is 0. The van der Waals surface area contributed by atoms with Gasteiger partial charge in [0.2, 0.25) is 0 Å². The molecule has 4 rings (SSSR count). The van der Waals surface area contributed by atoms with Gasteiger partial charge < -0.3 is 9.88 Å². The van der Waals surface area contributed by atoms with E-state index in [0.29, 0.717) is 0 Å². The largest absolute Gasteiger partial charge is 0.347 e. The van der Waals surface area contributed by atoms with Gasteiger partial charge in [-0.2, -0.15) is 0 Å². The Labute approximate surface area is 122 Å². The van der Waals surface area contributed by atoms with E-state index in [9.17, 15) is 0 Å². The Morgan fingerprint density at radius 2 is 2.05 bits per heavy atom. The number of aromatic nitrogens is 1. The zero-order valence-corrected chi connectivity index (χ0v) is 12.7. The van der Waals surface area contributed by atoms with E-state index in [0.717, 1.165) is 19.0 Å². The van der Waals surface area contributed by atoms with Crippen LogP contribution in [-0.2, 0) is 13.0 Å². The van der Waals surface area contributed by atoms with Crippen molar-refractivity contribution in [2.45, 2.75) is 38.1 Å². The van der Waals surface area contributed by atoms with Crippen LogP contribution in [0.1, 0.15) is 36.3 Å². The van der Waals surface area contributed by atoms with E-state index in [-0.39, 0.29) is 0 Å². The van der Waals surface area contributed by atoms with Gasteiger partial charge in [-0.25, -0.2) is 0 Å². The number of piperidine rings is 1. The maximum absolute atomic E-state index is 3.69. The zero-order valence-electron chi connectivity index (χ0n) is 11.1. The van der Waals surface area contributed by atoms with Gasteiger partial charge >= 0.3 is 0 Å². The molecule has 1 N–H and O–H groups in total. The standard InChI is InChI=1S/C16H19BrN2/c17-13-8-12-2-1-7-19-10-15(14(9-13)16(12)19)11-3-5-18-6-4-11/h8-11,18H,1-7H2. The lowest BCUT2D eigenvalue weighted by atomic mass is 9.89. The Morgan fingerprint density at radius 1 is 1.21 bits per heavy atom. The summed E-state index contributed by atoms with van der Waals surface area (Å²) >= 11 is 3.69. The van der Waals surface area contributed by atoms with Gasteiger partial charge in [0.1, 0.15) is 0 Å². The fourth-order valence-corrected chi connectivity index (χ4v) is 4.29. The number of nitrogens with one attached hydrogen (secondary N) is 1. The minimum absolute atomic E-state index is 0.741. The van der Waals surface area contributed by atoms with Crippen molar-refractivity contribution in [3.8, 4) is 0 Å². The molecule has 0 atom stereocenters. The molecular weight excluding hydrogens is 300 g/mol. The third-order valence-electron chi connectivity index (χ3n) is 4.67. The van der Waals surface area contributed by atoms with Gasteiger partial charge in [0, 0.05) is 22.6 Å². The average molecular weight is 319 g/mol. The fraction of sp³-hybridized carbons (Fsp3) is 0.500. The van der Waals surface area contributed by atoms with E-state index in [1.54, 1.807) is 5.56 Å². The van der Waals surface area contributed by atoms with Gasteiger partial charge in [-0.05, 0) is 68.0 Å². The van der Waals surface area contributed by atoms with Crippen molar-refractivity contribution in [1.82, 2.24) is 9.88 Å². The average Bonchev–Trinajstić information content (AvgIpc) is 2.80. The lowest BCUT2D eigenvalue weighted by molar-refractivity contribution is 0.461. The first-order valence-electron chi connectivity index (χ1n) is 7.35. The summed E-state index contributed by atoms with van der Waals surface area (Å²) in [5, 5.41) is 4.97. The molecule has 3 heterocycles. The molecule has 0 aliphatic carbocycles. The highest BCUT2D eigenvalue weighted by molar-refractivity contribution is 9.10. The van der Waals surface area contributed by atoms with Crippen molar-refractivity contribution < 1.29 is 0 Å². The Balaban J connectivity index is 1.92. The third kappa shape index (κ3) is 1.95. The molecule has 0 saturated carbocycles. The van der Waals surface area contributed by atoms with Crippen LogP contribution in [0.5, 0.6) is 0 Å². The molecule has 2 aromatic rings. The van der Waals surface area contributed by atoms with Gasteiger partial charge in [0.05, 0.1) is 5.52 Å². The third-order valence-corrected chi connectivity index (χ3v) is 5.13. The minimum Gasteiger partial charge on any atom is -0.347 e. The number of hydrogen-bond donors (Lipinski definition) is 1. The maximum Gasteiger partial charge on any atom is 0.0516 e. The molecule has 2 aliphatic heterocycles. The monoisotopic (exact) mass is 318 g/mol. The van der Waals surface area contributed by atoms with Gasteiger partial charge in [-0.15, -0.1) is 0 Å². The molecule has 0 radical (unpaired) electrons. The summed E-state index contributed by atoms with van der Waals surface area (Å²) in [6.07, 6.45) is 7.50. The molecule has 2 aliphatic rings. The number of nitrogens with zero attached hydrogens (tertiary/aromatic N) is 1. The van der Waals surface area contributed by atoms with Crippen molar-refractivity contribution in [3.63, 3.8) is 0 Å². The van der Waals surface area contributed by atoms with Crippen LogP contribution in [0.2, 0.25) is 0 Å². The molecule has 1 saturated heterocycles. The summed E-state index contributed by atoms with van der Waals surface area (Å²) in [7, 11) is 0. The highest BCUT2D eigenvalue weighted by Crippen LogP contribution is 2.38. The Hall–Kier alpha value is -0.800. The first-order chi connectivity index (χ1) is 9.33. The highest BCUT2D eigenvalue weighted by Gasteiger charge is 2.23. The van der Waals surface area contributed by atoms with E-state index in [1.165, 1.54) is 53.2 Å². The Morgan fingerprint density at radius 3 is 2.89 bits per heavy atom. The van der Waals surface area contributed by atoms with Crippen LogP contribution in [0.4, 0.5) is 0 Å². The Kier molecular flexibility index (Phi) is 2.92. The number of halogens is 1. The van der Waals surface area contributed by atoms with Crippen LogP contribution >= 0.6 is 15.9 Å². The molecule has 19 heavy (non-hydrogen) atoms. The van der Waals surface area contributed by atoms with Crippen molar-refractivity contribution in [2.75, 3.05) is 13.1 Å². The van der Waals surface area contributed by atoms with Gasteiger partial charge in [0.15, 0.2) is 0 Å². The number of hydrogen-bond acceptors (Lipinski definition) is 1. The van der Waals surface area contributed by atoms with Crippen LogP contribution in [0.15, 0.2) is 22.8 Å². The first kappa shape index (κ1) is 12.0. The number of benzene rings is 1. The second kappa shape index (κ2) is 4.64. The van der Waals surface area contributed by atoms with E-state index in [2.05, 4.69) is 44.1 Å². The van der Waals surface area contributed by atoms with E-state index >= 15 is 0 Å². The molecule has 1 aromatic carbocycles. The molecule has 2 nitrogen and oxygen atoms in total. The molecule has 0 spiro atoms. The lowest BCUT2D eigenvalue weighted by Gasteiger charge is -2.22. The van der Waals surface area contributed by atoms with Crippen molar-refractivity contribution in [3.05, 3.63) is 33.9 Å². The smallest absolute Gasteiger partial charge is 0.0516 e. The lowest BCUT2D eigenvalue weighted by Crippen LogP contribution is -2.26. The van der Waals surface area contributed by atoms with Crippen molar-refractivity contribution in [2.24, 2.45) is 0 Å². The fourth-order valence-electron chi connectivity index (χ4n) is 3.78. The number of aryl methyl sites for hydroxylation is 2. The quantitative estimate of drug-likeness (QED) is 0.846. The molecule has 0 amide bonds. The Bertz CT molecular complexity index is 623. The minimum atomic E-state index is 0.741. The normalized spacial score (nSPS) is 20.1. The number of rotatable bonds is 1. The van der Waals surface area contributed by atoms with Crippen LogP contribution in [-0.4, -0.2) is 17.7 Å². The topological polar surface area (TPSA) is 17.0 Å². The van der Waals surface area contributed by atoms with Crippen molar-refractivity contribution >= 4 is 26.8 Å². The summed E-state index contributed by atoms with van der Waals surface area (Å²) in [6, 6.07) is 4.64. The molecule has 1 fully saturated rings. The first-order valence-corrected chi connectivity index (χ1v) is 8.14. The second-order valence-corrected chi connectivity index (χ2v) is 6.78. The highest BCUT2D eigenvalue weighted by atomic mass is 79.9. The zero-order chi connectivity index (χ0) is 12.8. The predicted octanol–water partition coefficient (Wildman–Crippen LogP) is 3.82. The summed E-state index contributed by atoms with van der Waals surface area (Å²) < 4.78 is 3.74. The van der Waals surface area contributed by atoms with Gasteiger partial charge in [-0.3, -0.25) is 0 Å². The predicted molar refractivity (Wildman–Crippen MR) is 82.8 cm³/mol. The van der Waals surface area contributed by atoms with Crippen molar-refractivity contribution in [1.29, 1.82) is 0 Å². The molecule has 3 heteroatoms. The van der Waals surface area contributed by atoms with E-state index < -0.39 is 0 Å². The van der Waals surface area contributed by atoms with Crippen LogP contribution < -0.4 is 5.32 Å². The van der Waals surface area contributed by atoms with Crippen LogP contribution in [0, 0.1) is 0 Å². The molecule has 100 valence electrons. The molecular formula is C16H19BrN2. The molecule has 0 unspecified atom stereocenters. The second-order valence-electron chi connectivity index (χ2n) is 5.87. The van der Waals surface area contributed by atoms with Crippen LogP contribution in [0.3, 0.4) is 0 Å². The van der Waals surface area contributed by atoms with E-state index in [4.69, 9.17) is 0 Å². The summed E-state index contributed by atoms with van der Waals surface area (Å²) in [5.41, 5.74) is 4.61. The summed E-state index contributed by atoms with van der Waals surface area (Å²) in [6.45, 7) is 3.52. The van der Waals surface area contributed by atoms with Gasteiger partial charge in [-0.1, -0.05) is 15.9 Å².